The molecule has 0 amide bonds. The number of hydrogen-bond donors (Lipinski definition) is 0. The van der Waals surface area contributed by atoms with E-state index in [0.29, 0.717) is 5.02 Å². The van der Waals surface area contributed by atoms with Crippen LogP contribution in [0.25, 0.3) is 11.4 Å². The third-order valence-corrected chi connectivity index (χ3v) is 3.10. The summed E-state index contributed by atoms with van der Waals surface area (Å²) in [5, 5.41) is 0.413. The summed E-state index contributed by atoms with van der Waals surface area (Å²) in [6.07, 6.45) is 2.74. The van der Waals surface area contributed by atoms with E-state index >= 15 is 0 Å². The SMILES string of the molecule is O=S(=O)([O-])c1cccnc1-c1ccc(Cl)cn1. The zero-order valence-electron chi connectivity index (χ0n) is 8.37. The first-order valence-electron chi connectivity index (χ1n) is 4.51. The predicted octanol–water partition coefficient (Wildman–Crippen LogP) is 1.70. The Kier molecular flexibility index (Phi) is 3.10. The molecule has 0 saturated carbocycles. The van der Waals surface area contributed by atoms with Gasteiger partial charge in [-0.2, -0.15) is 0 Å². The van der Waals surface area contributed by atoms with Crippen LogP contribution < -0.4 is 0 Å². The van der Waals surface area contributed by atoms with E-state index in [1.165, 1.54) is 30.6 Å². The van der Waals surface area contributed by atoms with Crippen molar-refractivity contribution in [3.63, 3.8) is 0 Å². The summed E-state index contributed by atoms with van der Waals surface area (Å²) in [4.78, 5) is 7.39. The lowest BCUT2D eigenvalue weighted by Crippen LogP contribution is -2.03. The van der Waals surface area contributed by atoms with E-state index in [1.807, 2.05) is 0 Å². The summed E-state index contributed by atoms with van der Waals surface area (Å²) in [6.45, 7) is 0. The predicted molar refractivity (Wildman–Crippen MR) is 60.4 cm³/mol. The summed E-state index contributed by atoms with van der Waals surface area (Å²) >= 11 is 5.67. The van der Waals surface area contributed by atoms with Crippen LogP contribution in [0.2, 0.25) is 5.02 Å². The van der Waals surface area contributed by atoms with Crippen molar-refractivity contribution in [1.82, 2.24) is 9.97 Å². The normalized spacial score (nSPS) is 11.4. The molecule has 88 valence electrons. The smallest absolute Gasteiger partial charge is 0.126 e. The molecule has 0 fully saturated rings. The molecular formula is C10H6ClN2O3S-. The third-order valence-electron chi connectivity index (χ3n) is 2.01. The first kappa shape index (κ1) is 12.0. The molecule has 7 heteroatoms. The Morgan fingerprint density at radius 1 is 1.18 bits per heavy atom. The van der Waals surface area contributed by atoms with E-state index in [0.717, 1.165) is 0 Å². The van der Waals surface area contributed by atoms with Crippen LogP contribution >= 0.6 is 11.6 Å². The first-order chi connectivity index (χ1) is 7.98. The van der Waals surface area contributed by atoms with Crippen molar-refractivity contribution >= 4 is 21.7 Å². The molecule has 0 radical (unpaired) electrons. The molecule has 0 unspecified atom stereocenters. The molecule has 0 aliphatic heterocycles. The second kappa shape index (κ2) is 4.40. The van der Waals surface area contributed by atoms with Crippen LogP contribution in [0.3, 0.4) is 0 Å². The van der Waals surface area contributed by atoms with Crippen molar-refractivity contribution in [2.75, 3.05) is 0 Å². The fourth-order valence-electron chi connectivity index (χ4n) is 1.30. The highest BCUT2D eigenvalue weighted by Gasteiger charge is 2.12. The number of halogens is 1. The van der Waals surface area contributed by atoms with Crippen LogP contribution in [0.1, 0.15) is 0 Å². The van der Waals surface area contributed by atoms with Gasteiger partial charge in [-0.25, -0.2) is 8.42 Å². The summed E-state index contributed by atoms with van der Waals surface area (Å²) in [7, 11) is -4.58. The van der Waals surface area contributed by atoms with Crippen molar-refractivity contribution in [2.24, 2.45) is 0 Å². The lowest BCUT2D eigenvalue weighted by Gasteiger charge is -2.10. The van der Waals surface area contributed by atoms with Crippen molar-refractivity contribution in [2.45, 2.75) is 4.90 Å². The Morgan fingerprint density at radius 2 is 1.94 bits per heavy atom. The van der Waals surface area contributed by atoms with E-state index in [2.05, 4.69) is 9.97 Å². The van der Waals surface area contributed by atoms with Crippen LogP contribution in [0.4, 0.5) is 0 Å². The molecule has 17 heavy (non-hydrogen) atoms. The van der Waals surface area contributed by atoms with E-state index in [-0.39, 0.29) is 11.4 Å². The average Bonchev–Trinajstić information content (AvgIpc) is 2.29. The molecule has 0 saturated heterocycles. The Labute approximate surface area is 103 Å². The highest BCUT2D eigenvalue weighted by atomic mass is 35.5. The van der Waals surface area contributed by atoms with E-state index in [1.54, 1.807) is 6.07 Å². The number of aromatic nitrogens is 2. The Bertz CT molecular complexity index is 641. The summed E-state index contributed by atoms with van der Waals surface area (Å²) in [5.41, 5.74) is 0.309. The maximum atomic E-state index is 11.0. The van der Waals surface area contributed by atoms with Gasteiger partial charge in [0.1, 0.15) is 15.8 Å². The maximum absolute atomic E-state index is 11.0. The minimum absolute atomic E-state index is 0.0270. The molecule has 0 bridgehead atoms. The molecule has 0 N–H and O–H groups in total. The quantitative estimate of drug-likeness (QED) is 0.775. The van der Waals surface area contributed by atoms with E-state index in [4.69, 9.17) is 11.6 Å². The number of hydrogen-bond acceptors (Lipinski definition) is 5. The molecule has 0 aromatic carbocycles. The first-order valence-corrected chi connectivity index (χ1v) is 6.30. The van der Waals surface area contributed by atoms with Crippen LogP contribution in [-0.4, -0.2) is 22.9 Å². The van der Waals surface area contributed by atoms with Crippen molar-refractivity contribution in [3.8, 4) is 11.4 Å². The molecule has 5 nitrogen and oxygen atoms in total. The van der Waals surface area contributed by atoms with Gasteiger partial charge >= 0.3 is 0 Å². The molecular weight excluding hydrogens is 264 g/mol. The molecule has 2 rings (SSSR count). The van der Waals surface area contributed by atoms with Gasteiger partial charge in [0.2, 0.25) is 0 Å². The lowest BCUT2D eigenvalue weighted by atomic mass is 10.2. The lowest BCUT2D eigenvalue weighted by molar-refractivity contribution is 0.463. The zero-order valence-corrected chi connectivity index (χ0v) is 9.94. The van der Waals surface area contributed by atoms with Gasteiger partial charge in [0.15, 0.2) is 0 Å². The fourth-order valence-corrected chi connectivity index (χ4v) is 2.05. The standard InChI is InChI=1S/C10H7ClN2O3S/c11-7-3-4-8(13-6-7)10-9(17(14,15)16)2-1-5-12-10/h1-6H,(H,14,15,16)/p-1. The van der Waals surface area contributed by atoms with E-state index in [9.17, 15) is 13.0 Å². The molecule has 2 aromatic rings. The van der Waals surface area contributed by atoms with Gasteiger partial charge in [0.25, 0.3) is 0 Å². The minimum atomic E-state index is -4.58. The minimum Gasteiger partial charge on any atom is -0.744 e. The number of pyridine rings is 2. The summed E-state index contributed by atoms with van der Waals surface area (Å²) in [5.74, 6) is 0. The summed E-state index contributed by atoms with van der Waals surface area (Å²) < 4.78 is 33.1. The van der Waals surface area contributed by atoms with Gasteiger partial charge in [0.05, 0.1) is 15.6 Å². The molecule has 2 aromatic heterocycles. The van der Waals surface area contributed by atoms with Crippen molar-refractivity contribution in [3.05, 3.63) is 41.7 Å². The Morgan fingerprint density at radius 3 is 2.53 bits per heavy atom. The molecule has 0 atom stereocenters. The summed E-state index contributed by atoms with van der Waals surface area (Å²) in [6, 6.07) is 5.62. The van der Waals surface area contributed by atoms with Crippen molar-refractivity contribution in [1.29, 1.82) is 0 Å². The Balaban J connectivity index is 2.64. The van der Waals surface area contributed by atoms with Gasteiger partial charge in [-0.3, -0.25) is 9.97 Å². The van der Waals surface area contributed by atoms with Gasteiger partial charge < -0.3 is 4.55 Å². The van der Waals surface area contributed by atoms with Gasteiger partial charge in [-0.1, -0.05) is 11.6 Å². The van der Waals surface area contributed by atoms with Gasteiger partial charge in [0, 0.05) is 12.4 Å². The fraction of sp³-hybridized carbons (Fsp3) is 0. The number of nitrogens with zero attached hydrogens (tertiary/aromatic N) is 2. The van der Waals surface area contributed by atoms with Crippen molar-refractivity contribution < 1.29 is 13.0 Å². The highest BCUT2D eigenvalue weighted by molar-refractivity contribution is 7.85. The molecule has 0 spiro atoms. The number of rotatable bonds is 2. The van der Waals surface area contributed by atoms with Gasteiger partial charge in [-0.05, 0) is 24.3 Å². The van der Waals surface area contributed by atoms with Crippen LogP contribution in [0.5, 0.6) is 0 Å². The Hall–Kier alpha value is -1.50. The monoisotopic (exact) mass is 269 g/mol. The van der Waals surface area contributed by atoms with E-state index < -0.39 is 15.0 Å². The largest absolute Gasteiger partial charge is 0.744 e. The average molecular weight is 270 g/mol. The van der Waals surface area contributed by atoms with Gasteiger partial charge in [-0.15, -0.1) is 0 Å². The second-order valence-electron chi connectivity index (χ2n) is 3.17. The second-order valence-corrected chi connectivity index (χ2v) is 4.95. The highest BCUT2D eigenvalue weighted by Crippen LogP contribution is 2.23. The van der Waals surface area contributed by atoms with Crippen LogP contribution in [-0.2, 0) is 10.1 Å². The third kappa shape index (κ3) is 2.60. The molecule has 0 aliphatic carbocycles. The van der Waals surface area contributed by atoms with Crippen LogP contribution in [0.15, 0.2) is 41.6 Å². The molecule has 2 heterocycles. The topological polar surface area (TPSA) is 83.0 Å². The maximum Gasteiger partial charge on any atom is 0.126 e. The molecule has 0 aliphatic rings. The van der Waals surface area contributed by atoms with Crippen LogP contribution in [0, 0.1) is 0 Å². The zero-order chi connectivity index (χ0) is 12.5.